The molecule has 2 N–H and O–H groups in total. The minimum Gasteiger partial charge on any atom is -0.466 e. The normalized spacial score (nSPS) is 10.6. The number of nitrogens with one attached hydrogen (secondary N) is 2. The maximum atomic E-state index is 11.5. The summed E-state index contributed by atoms with van der Waals surface area (Å²) in [5.41, 5.74) is 0.711. The molecule has 2 heterocycles. The van der Waals surface area contributed by atoms with Crippen LogP contribution in [0.3, 0.4) is 0 Å². The molecule has 0 bridgehead atoms. The van der Waals surface area contributed by atoms with Gasteiger partial charge in [0.1, 0.15) is 11.5 Å². The minimum absolute atomic E-state index is 0.0215. The van der Waals surface area contributed by atoms with E-state index in [0.29, 0.717) is 30.4 Å². The largest absolute Gasteiger partial charge is 0.466 e. The number of methoxy groups -OCH3 is 1. The summed E-state index contributed by atoms with van der Waals surface area (Å²) in [7, 11) is 1.55. The lowest BCUT2D eigenvalue weighted by molar-refractivity contribution is 0.198. The lowest BCUT2D eigenvalue weighted by Gasteiger charge is -2.02. The summed E-state index contributed by atoms with van der Waals surface area (Å²) >= 11 is 0. The Hall–Kier alpha value is -2.35. The highest BCUT2D eigenvalue weighted by Crippen LogP contribution is 2.26. The van der Waals surface area contributed by atoms with Crippen molar-refractivity contribution in [2.24, 2.45) is 0 Å². The van der Waals surface area contributed by atoms with Crippen LogP contribution in [-0.2, 0) is 4.74 Å². The molecule has 108 valence electrons. The molecule has 20 heavy (non-hydrogen) atoms. The zero-order valence-corrected chi connectivity index (χ0v) is 11.5. The zero-order valence-electron chi connectivity index (χ0n) is 11.5. The Kier molecular flexibility index (Phi) is 4.36. The van der Waals surface area contributed by atoms with Gasteiger partial charge in [-0.3, -0.25) is 5.32 Å². The highest BCUT2D eigenvalue weighted by atomic mass is 16.5. The molecule has 2 amide bonds. The fraction of sp³-hybridized carbons (Fsp3) is 0.417. The highest BCUT2D eigenvalue weighted by Gasteiger charge is 2.15. The van der Waals surface area contributed by atoms with E-state index in [-0.39, 0.29) is 6.01 Å². The smallest absolute Gasteiger partial charge is 0.324 e. The number of hydrogen-bond donors (Lipinski definition) is 2. The fourth-order valence-corrected chi connectivity index (χ4v) is 1.63. The second-order valence-electron chi connectivity index (χ2n) is 4.11. The summed E-state index contributed by atoms with van der Waals surface area (Å²) in [5, 5.41) is 12.6. The average molecular weight is 280 g/mol. The molecule has 0 aromatic carbocycles. The standard InChI is InChI=1S/C12H16N4O4/c1-7-6-9(8(2)19-7)10-15-16-12(20-10)14-11(17)13-4-5-18-3/h6H,4-5H2,1-3H3,(H2,13,14,16,17). The molecule has 0 fully saturated rings. The van der Waals surface area contributed by atoms with Crippen LogP contribution in [0.1, 0.15) is 11.5 Å². The van der Waals surface area contributed by atoms with Gasteiger partial charge in [-0.15, -0.1) is 5.10 Å². The van der Waals surface area contributed by atoms with Crippen LogP contribution >= 0.6 is 0 Å². The van der Waals surface area contributed by atoms with Crippen LogP contribution in [0, 0.1) is 13.8 Å². The van der Waals surface area contributed by atoms with E-state index in [0.717, 1.165) is 5.76 Å². The minimum atomic E-state index is -0.433. The van der Waals surface area contributed by atoms with Crippen molar-refractivity contribution in [1.82, 2.24) is 15.5 Å². The lowest BCUT2D eigenvalue weighted by Crippen LogP contribution is -2.31. The summed E-state index contributed by atoms with van der Waals surface area (Å²) in [5.74, 6) is 1.73. The maximum Gasteiger partial charge on any atom is 0.324 e. The molecule has 0 atom stereocenters. The number of anilines is 1. The molecular weight excluding hydrogens is 264 g/mol. The number of aryl methyl sites for hydroxylation is 2. The maximum absolute atomic E-state index is 11.5. The van der Waals surface area contributed by atoms with Gasteiger partial charge >= 0.3 is 12.0 Å². The van der Waals surface area contributed by atoms with Crippen molar-refractivity contribution in [2.75, 3.05) is 25.6 Å². The van der Waals surface area contributed by atoms with Gasteiger partial charge in [0.2, 0.25) is 0 Å². The second kappa shape index (κ2) is 6.20. The molecule has 2 aromatic rings. The van der Waals surface area contributed by atoms with Crippen molar-refractivity contribution in [3.8, 4) is 11.5 Å². The van der Waals surface area contributed by atoms with E-state index >= 15 is 0 Å². The van der Waals surface area contributed by atoms with Crippen molar-refractivity contribution in [2.45, 2.75) is 13.8 Å². The number of rotatable bonds is 5. The fourth-order valence-electron chi connectivity index (χ4n) is 1.63. The molecule has 0 aliphatic carbocycles. The van der Waals surface area contributed by atoms with Crippen LogP contribution in [0.25, 0.3) is 11.5 Å². The van der Waals surface area contributed by atoms with Crippen molar-refractivity contribution in [3.05, 3.63) is 17.6 Å². The van der Waals surface area contributed by atoms with Gasteiger partial charge in [0, 0.05) is 13.7 Å². The monoisotopic (exact) mass is 280 g/mol. The zero-order chi connectivity index (χ0) is 14.5. The number of carbonyl (C=O) groups excluding carboxylic acids is 1. The van der Waals surface area contributed by atoms with Crippen LogP contribution < -0.4 is 10.6 Å². The van der Waals surface area contributed by atoms with Gasteiger partial charge in [0.25, 0.3) is 5.89 Å². The molecule has 0 radical (unpaired) electrons. The number of aromatic nitrogens is 2. The summed E-state index contributed by atoms with van der Waals surface area (Å²) in [6.45, 7) is 4.45. The van der Waals surface area contributed by atoms with E-state index in [1.165, 1.54) is 0 Å². The number of furan rings is 1. The summed E-state index contributed by atoms with van der Waals surface area (Å²) in [6, 6.07) is 1.39. The Morgan fingerprint density at radius 3 is 2.80 bits per heavy atom. The third-order valence-corrected chi connectivity index (χ3v) is 2.51. The number of nitrogens with zero attached hydrogens (tertiary/aromatic N) is 2. The molecule has 0 aliphatic rings. The van der Waals surface area contributed by atoms with Gasteiger partial charge in [-0.05, 0) is 19.9 Å². The van der Waals surface area contributed by atoms with Crippen molar-refractivity contribution >= 4 is 12.0 Å². The van der Waals surface area contributed by atoms with Gasteiger partial charge in [-0.1, -0.05) is 5.10 Å². The second-order valence-corrected chi connectivity index (χ2v) is 4.11. The number of urea groups is 1. The molecule has 8 heteroatoms. The molecule has 0 saturated heterocycles. The van der Waals surface area contributed by atoms with E-state index in [1.54, 1.807) is 20.1 Å². The molecule has 0 aliphatic heterocycles. The lowest BCUT2D eigenvalue weighted by atomic mass is 10.2. The summed E-state index contributed by atoms with van der Waals surface area (Å²) in [6.07, 6.45) is 0. The van der Waals surface area contributed by atoms with Gasteiger partial charge in [-0.25, -0.2) is 4.79 Å². The molecular formula is C12H16N4O4. The van der Waals surface area contributed by atoms with Crippen LogP contribution in [-0.4, -0.2) is 36.5 Å². The summed E-state index contributed by atoms with van der Waals surface area (Å²) in [4.78, 5) is 11.5. The van der Waals surface area contributed by atoms with E-state index in [9.17, 15) is 4.79 Å². The first-order valence-corrected chi connectivity index (χ1v) is 6.05. The first kappa shape index (κ1) is 14.1. The Bertz CT molecular complexity index is 590. The number of amides is 2. The first-order valence-electron chi connectivity index (χ1n) is 6.05. The predicted octanol–water partition coefficient (Wildman–Crippen LogP) is 1.71. The molecule has 2 aromatic heterocycles. The molecule has 0 unspecified atom stereocenters. The van der Waals surface area contributed by atoms with Gasteiger partial charge in [-0.2, -0.15) is 0 Å². The van der Waals surface area contributed by atoms with E-state index < -0.39 is 6.03 Å². The molecule has 0 spiro atoms. The van der Waals surface area contributed by atoms with E-state index in [4.69, 9.17) is 13.6 Å². The number of ether oxygens (including phenoxy) is 1. The third kappa shape index (κ3) is 3.35. The molecule has 8 nitrogen and oxygen atoms in total. The SMILES string of the molecule is COCCNC(=O)Nc1nnc(-c2cc(C)oc2C)o1. The first-order chi connectivity index (χ1) is 9.60. The quantitative estimate of drug-likeness (QED) is 0.808. The third-order valence-electron chi connectivity index (χ3n) is 2.51. The van der Waals surface area contributed by atoms with E-state index in [1.807, 2.05) is 6.92 Å². The topological polar surface area (TPSA) is 102 Å². The van der Waals surface area contributed by atoms with Crippen LogP contribution in [0.5, 0.6) is 0 Å². The van der Waals surface area contributed by atoms with Crippen molar-refractivity contribution < 1.29 is 18.4 Å². The number of hydrogen-bond acceptors (Lipinski definition) is 6. The molecule has 2 rings (SSSR count). The van der Waals surface area contributed by atoms with E-state index in [2.05, 4.69) is 20.8 Å². The summed E-state index contributed by atoms with van der Waals surface area (Å²) < 4.78 is 15.6. The molecule has 0 saturated carbocycles. The van der Waals surface area contributed by atoms with Gasteiger partial charge < -0.3 is 18.9 Å². The Labute approximate surface area is 115 Å². The number of carbonyl (C=O) groups is 1. The van der Waals surface area contributed by atoms with Crippen LogP contribution in [0.2, 0.25) is 0 Å². The predicted molar refractivity (Wildman–Crippen MR) is 70.4 cm³/mol. The van der Waals surface area contributed by atoms with Gasteiger partial charge in [0.05, 0.1) is 12.2 Å². The Morgan fingerprint density at radius 2 is 2.15 bits per heavy atom. The van der Waals surface area contributed by atoms with Crippen LogP contribution in [0.4, 0.5) is 10.8 Å². The highest BCUT2D eigenvalue weighted by molar-refractivity contribution is 5.86. The van der Waals surface area contributed by atoms with Crippen molar-refractivity contribution in [1.29, 1.82) is 0 Å². The van der Waals surface area contributed by atoms with Crippen molar-refractivity contribution in [3.63, 3.8) is 0 Å². The average Bonchev–Trinajstić information content (AvgIpc) is 2.96. The van der Waals surface area contributed by atoms with Crippen LogP contribution in [0.15, 0.2) is 14.9 Å². The van der Waals surface area contributed by atoms with Gasteiger partial charge in [0.15, 0.2) is 0 Å². The Morgan fingerprint density at radius 1 is 1.35 bits per heavy atom. The Balaban J connectivity index is 1.99.